The van der Waals surface area contributed by atoms with Gasteiger partial charge in [-0.05, 0) is 24.5 Å². The zero-order valence-corrected chi connectivity index (χ0v) is 11.1. The van der Waals surface area contributed by atoms with E-state index in [0.29, 0.717) is 6.54 Å². The van der Waals surface area contributed by atoms with E-state index in [-0.39, 0.29) is 0 Å². The van der Waals surface area contributed by atoms with E-state index >= 15 is 0 Å². The van der Waals surface area contributed by atoms with E-state index in [9.17, 15) is 9.90 Å². The summed E-state index contributed by atoms with van der Waals surface area (Å²) in [7, 11) is 1.31. The summed E-state index contributed by atoms with van der Waals surface area (Å²) in [6, 6.07) is 7.46. The summed E-state index contributed by atoms with van der Waals surface area (Å²) < 4.78 is 4.64. The number of carbonyl (C=O) groups is 1. The molecule has 4 nitrogen and oxygen atoms in total. The van der Waals surface area contributed by atoms with E-state index in [1.807, 2.05) is 12.1 Å². The number of nitrogens with one attached hydrogen (secondary N) is 1. The van der Waals surface area contributed by atoms with Gasteiger partial charge in [-0.1, -0.05) is 31.2 Å². The number of methoxy groups -OCH3 is 1. The number of carbonyl (C=O) groups excluding carboxylic acids is 1. The van der Waals surface area contributed by atoms with Crippen molar-refractivity contribution in [2.75, 3.05) is 7.11 Å². The molecule has 0 bridgehead atoms. The van der Waals surface area contributed by atoms with Gasteiger partial charge in [0.25, 0.3) is 0 Å². The van der Waals surface area contributed by atoms with Crippen LogP contribution in [0, 0.1) is 0 Å². The minimum Gasteiger partial charge on any atom is -0.468 e. The average Bonchev–Trinajstić information content (AvgIpc) is 2.39. The molecule has 0 saturated heterocycles. The average molecular weight is 251 g/mol. The number of ether oxygens (including phenoxy) is 1. The number of hydrogen-bond acceptors (Lipinski definition) is 4. The van der Waals surface area contributed by atoms with E-state index < -0.39 is 18.1 Å². The number of aliphatic hydroxyl groups excluding tert-OH is 1. The molecule has 0 fully saturated rings. The molecule has 100 valence electrons. The molecule has 0 saturated carbocycles. The van der Waals surface area contributed by atoms with Crippen LogP contribution in [0.25, 0.3) is 0 Å². The standard InChI is InChI=1S/C14H21NO3/c1-4-11-5-7-12(8-6-11)9-15-13(10(2)16)14(17)18-3/h5-8,10,13,15-16H,4,9H2,1-3H3. The highest BCUT2D eigenvalue weighted by Crippen LogP contribution is 2.06. The lowest BCUT2D eigenvalue weighted by Crippen LogP contribution is -2.45. The van der Waals surface area contributed by atoms with E-state index in [1.165, 1.54) is 12.7 Å². The fourth-order valence-electron chi connectivity index (χ4n) is 1.70. The van der Waals surface area contributed by atoms with Crippen LogP contribution in [-0.2, 0) is 22.5 Å². The Balaban J connectivity index is 2.58. The van der Waals surface area contributed by atoms with Gasteiger partial charge in [-0.3, -0.25) is 10.1 Å². The Morgan fingerprint density at radius 1 is 1.33 bits per heavy atom. The summed E-state index contributed by atoms with van der Waals surface area (Å²) >= 11 is 0. The first-order valence-corrected chi connectivity index (χ1v) is 6.15. The van der Waals surface area contributed by atoms with Gasteiger partial charge in [-0.2, -0.15) is 0 Å². The summed E-state index contributed by atoms with van der Waals surface area (Å²) in [4.78, 5) is 11.4. The summed E-state index contributed by atoms with van der Waals surface area (Å²) in [5.74, 6) is -0.449. The minimum atomic E-state index is -0.785. The summed E-state index contributed by atoms with van der Waals surface area (Å²) in [5.41, 5.74) is 2.35. The summed E-state index contributed by atoms with van der Waals surface area (Å²) in [5, 5.41) is 12.5. The van der Waals surface area contributed by atoms with Crippen LogP contribution in [0.5, 0.6) is 0 Å². The fourth-order valence-corrected chi connectivity index (χ4v) is 1.70. The molecule has 1 rings (SSSR count). The number of aryl methyl sites for hydroxylation is 1. The van der Waals surface area contributed by atoms with E-state index in [2.05, 4.69) is 29.1 Å². The molecule has 0 heterocycles. The molecule has 4 heteroatoms. The molecule has 0 amide bonds. The maximum atomic E-state index is 11.4. The van der Waals surface area contributed by atoms with Crippen molar-refractivity contribution in [2.45, 2.75) is 39.0 Å². The summed E-state index contributed by atoms with van der Waals surface area (Å²) in [6.07, 6.45) is 0.221. The maximum absolute atomic E-state index is 11.4. The second kappa shape index (κ2) is 7.13. The highest BCUT2D eigenvalue weighted by Gasteiger charge is 2.23. The maximum Gasteiger partial charge on any atom is 0.325 e. The molecule has 18 heavy (non-hydrogen) atoms. The predicted molar refractivity (Wildman–Crippen MR) is 70.1 cm³/mol. The smallest absolute Gasteiger partial charge is 0.325 e. The minimum absolute atomic E-state index is 0.449. The van der Waals surface area contributed by atoms with Crippen LogP contribution >= 0.6 is 0 Å². The molecule has 0 aromatic heterocycles. The van der Waals surface area contributed by atoms with Gasteiger partial charge in [-0.15, -0.1) is 0 Å². The number of aliphatic hydroxyl groups is 1. The van der Waals surface area contributed by atoms with Crippen molar-refractivity contribution in [3.05, 3.63) is 35.4 Å². The number of hydrogen-bond donors (Lipinski definition) is 2. The van der Waals surface area contributed by atoms with Gasteiger partial charge < -0.3 is 9.84 Å². The van der Waals surface area contributed by atoms with Crippen molar-refractivity contribution in [2.24, 2.45) is 0 Å². The molecular weight excluding hydrogens is 230 g/mol. The third kappa shape index (κ3) is 4.13. The number of esters is 1. The van der Waals surface area contributed by atoms with Gasteiger partial charge in [0.2, 0.25) is 0 Å². The highest BCUT2D eigenvalue weighted by atomic mass is 16.5. The fraction of sp³-hybridized carbons (Fsp3) is 0.500. The van der Waals surface area contributed by atoms with E-state index in [0.717, 1.165) is 12.0 Å². The number of rotatable bonds is 6. The largest absolute Gasteiger partial charge is 0.468 e. The zero-order chi connectivity index (χ0) is 13.5. The monoisotopic (exact) mass is 251 g/mol. The molecule has 0 radical (unpaired) electrons. The SMILES string of the molecule is CCc1ccc(CNC(C(=O)OC)C(C)O)cc1. The van der Waals surface area contributed by atoms with E-state index in [4.69, 9.17) is 0 Å². The second-order valence-electron chi connectivity index (χ2n) is 4.29. The van der Waals surface area contributed by atoms with E-state index in [1.54, 1.807) is 6.92 Å². The Morgan fingerprint density at radius 2 is 1.89 bits per heavy atom. The Kier molecular flexibility index (Phi) is 5.82. The first kappa shape index (κ1) is 14.7. The first-order valence-electron chi connectivity index (χ1n) is 6.15. The van der Waals surface area contributed by atoms with Gasteiger partial charge in [0.15, 0.2) is 0 Å². The topological polar surface area (TPSA) is 58.6 Å². The van der Waals surface area contributed by atoms with Gasteiger partial charge in [0.05, 0.1) is 13.2 Å². The van der Waals surface area contributed by atoms with Gasteiger partial charge in [0.1, 0.15) is 6.04 Å². The van der Waals surface area contributed by atoms with Crippen LogP contribution in [-0.4, -0.2) is 30.3 Å². The first-order chi connectivity index (χ1) is 8.58. The molecule has 1 aromatic carbocycles. The molecule has 0 aliphatic carbocycles. The van der Waals surface area contributed by atoms with Gasteiger partial charge >= 0.3 is 5.97 Å². The van der Waals surface area contributed by atoms with Crippen LogP contribution in [0.1, 0.15) is 25.0 Å². The molecule has 2 atom stereocenters. The van der Waals surface area contributed by atoms with Crippen molar-refractivity contribution in [1.29, 1.82) is 0 Å². The third-order valence-corrected chi connectivity index (χ3v) is 2.89. The zero-order valence-electron chi connectivity index (χ0n) is 11.1. The Labute approximate surface area is 108 Å². The van der Waals surface area contributed by atoms with Crippen LogP contribution in [0.3, 0.4) is 0 Å². The molecule has 2 unspecified atom stereocenters. The Morgan fingerprint density at radius 3 is 2.33 bits per heavy atom. The number of benzene rings is 1. The van der Waals surface area contributed by atoms with Crippen molar-refractivity contribution in [1.82, 2.24) is 5.32 Å². The van der Waals surface area contributed by atoms with Crippen molar-refractivity contribution in [3.63, 3.8) is 0 Å². The molecule has 1 aromatic rings. The Bertz CT molecular complexity index is 373. The molecule has 0 spiro atoms. The molecule has 0 aliphatic heterocycles. The summed E-state index contributed by atoms with van der Waals surface area (Å²) in [6.45, 7) is 4.19. The normalized spacial score (nSPS) is 14.0. The van der Waals surface area contributed by atoms with Gasteiger partial charge in [-0.25, -0.2) is 0 Å². The lowest BCUT2D eigenvalue weighted by molar-refractivity contribution is -0.145. The van der Waals surface area contributed by atoms with Gasteiger partial charge in [0, 0.05) is 6.54 Å². The lowest BCUT2D eigenvalue weighted by atomic mass is 10.1. The molecule has 2 N–H and O–H groups in total. The quantitative estimate of drug-likeness (QED) is 0.747. The highest BCUT2D eigenvalue weighted by molar-refractivity contribution is 5.76. The van der Waals surface area contributed by atoms with Crippen molar-refractivity contribution < 1.29 is 14.6 Å². The van der Waals surface area contributed by atoms with Crippen LogP contribution in [0.2, 0.25) is 0 Å². The van der Waals surface area contributed by atoms with Crippen molar-refractivity contribution >= 4 is 5.97 Å². The molecule has 0 aliphatic rings. The lowest BCUT2D eigenvalue weighted by Gasteiger charge is -2.19. The predicted octanol–water partition coefficient (Wildman–Crippen LogP) is 1.26. The Hall–Kier alpha value is -1.39. The van der Waals surface area contributed by atoms with Crippen LogP contribution in [0.4, 0.5) is 0 Å². The van der Waals surface area contributed by atoms with Crippen molar-refractivity contribution in [3.8, 4) is 0 Å². The molecular formula is C14H21NO3. The van der Waals surface area contributed by atoms with Crippen LogP contribution < -0.4 is 5.32 Å². The second-order valence-corrected chi connectivity index (χ2v) is 4.29. The third-order valence-electron chi connectivity index (χ3n) is 2.89. The van der Waals surface area contributed by atoms with Crippen LogP contribution in [0.15, 0.2) is 24.3 Å².